The van der Waals surface area contributed by atoms with Gasteiger partial charge < -0.3 is 4.42 Å². The van der Waals surface area contributed by atoms with E-state index in [0.717, 1.165) is 0 Å². The lowest BCUT2D eigenvalue weighted by molar-refractivity contribution is 0.372. The maximum Gasteiger partial charge on any atom is 0.316 e. The van der Waals surface area contributed by atoms with Gasteiger partial charge in [-0.15, -0.1) is 0 Å². The molecule has 0 N–H and O–H groups in total. The molecule has 1 aromatic rings. The van der Waals surface area contributed by atoms with E-state index in [4.69, 9.17) is 9.68 Å². The van der Waals surface area contributed by atoms with E-state index < -0.39 is 44.6 Å². The van der Waals surface area contributed by atoms with Gasteiger partial charge >= 0.3 is 11.3 Å². The van der Waals surface area contributed by atoms with E-state index in [1.165, 1.54) is 0 Å². The number of nitrogens with zero attached hydrogens (tertiary/aromatic N) is 2. The summed E-state index contributed by atoms with van der Waals surface area (Å²) in [4.78, 5) is 3.74. The third kappa shape index (κ3) is 4.07. The quantitative estimate of drug-likeness (QED) is 0.850. The molecule has 0 aliphatic heterocycles. The summed E-state index contributed by atoms with van der Waals surface area (Å²) in [6.45, 7) is 5.09. The normalized spacial score (nSPS) is 12.0. The Kier molecular flexibility index (Phi) is 4.83. The van der Waals surface area contributed by atoms with Gasteiger partial charge in [-0.25, -0.2) is 17.8 Å². The molecule has 0 bridgehead atoms. The van der Waals surface area contributed by atoms with E-state index in [1.54, 1.807) is 26.8 Å². The van der Waals surface area contributed by atoms with E-state index in [1.807, 2.05) is 0 Å². The topological polar surface area (TPSA) is 84.0 Å². The molecule has 1 aromatic heterocycles. The highest BCUT2D eigenvalue weighted by Crippen LogP contribution is 2.28. The molecule has 0 atom stereocenters. The van der Waals surface area contributed by atoms with Gasteiger partial charge in [0.2, 0.25) is 15.6 Å². The number of halogens is 3. The Hall–Kier alpha value is -1.82. The number of hydrogen-bond donors (Lipinski definition) is 0. The number of nitriles is 1. The lowest BCUT2D eigenvalue weighted by Gasteiger charge is -2.13. The smallest absolute Gasteiger partial charge is 0.316 e. The van der Waals surface area contributed by atoms with E-state index in [-0.39, 0.29) is 11.5 Å². The molecule has 0 spiro atoms. The van der Waals surface area contributed by atoms with E-state index >= 15 is 0 Å². The first-order chi connectivity index (χ1) is 9.49. The molecule has 9 heteroatoms. The molecule has 0 aromatic carbocycles. The number of oxazole rings is 1. The molecular weight excluding hydrogens is 309 g/mol. The van der Waals surface area contributed by atoms with Crippen LogP contribution in [0, 0.1) is 11.3 Å². The van der Waals surface area contributed by atoms with Crippen LogP contribution >= 0.6 is 0 Å². The van der Waals surface area contributed by atoms with Crippen LogP contribution in [0.3, 0.4) is 0 Å². The molecule has 0 fully saturated rings. The lowest BCUT2D eigenvalue weighted by atomic mass is 9.91. The first-order valence-corrected chi connectivity index (χ1v) is 7.48. The standard InChI is InChI=1S/C12H13F3N2O3S/c1-12(2,3)9-8(6-16)20-11(17-9)21(18,19)5-4-7(13)10(14)15/h4-5H2,1-3H3. The molecule has 21 heavy (non-hydrogen) atoms. The van der Waals surface area contributed by atoms with Crippen LogP contribution in [0.25, 0.3) is 0 Å². The molecule has 0 aliphatic rings. The fourth-order valence-corrected chi connectivity index (χ4v) is 2.49. The van der Waals surface area contributed by atoms with Crippen LogP contribution in [0.5, 0.6) is 0 Å². The Labute approximate surface area is 120 Å². The van der Waals surface area contributed by atoms with Crippen LogP contribution in [0.2, 0.25) is 0 Å². The minimum Gasteiger partial charge on any atom is -0.417 e. The first kappa shape index (κ1) is 17.2. The molecule has 1 heterocycles. The summed E-state index contributed by atoms with van der Waals surface area (Å²) in [6, 6.07) is 1.68. The zero-order valence-corrected chi connectivity index (χ0v) is 12.4. The van der Waals surface area contributed by atoms with E-state index in [0.29, 0.717) is 0 Å². The van der Waals surface area contributed by atoms with Gasteiger partial charge in [-0.2, -0.15) is 14.0 Å². The van der Waals surface area contributed by atoms with Gasteiger partial charge in [0.1, 0.15) is 11.8 Å². The van der Waals surface area contributed by atoms with Crippen LogP contribution in [0.15, 0.2) is 21.5 Å². The number of allylic oxidation sites excluding steroid dienone is 1. The van der Waals surface area contributed by atoms with Gasteiger partial charge in [0.15, 0.2) is 5.83 Å². The van der Waals surface area contributed by atoms with Crippen molar-refractivity contribution in [1.29, 1.82) is 5.26 Å². The van der Waals surface area contributed by atoms with Crippen molar-refractivity contribution < 1.29 is 26.0 Å². The van der Waals surface area contributed by atoms with Crippen LogP contribution in [-0.4, -0.2) is 19.2 Å². The Morgan fingerprint density at radius 1 is 1.33 bits per heavy atom. The highest BCUT2D eigenvalue weighted by atomic mass is 32.2. The van der Waals surface area contributed by atoms with Gasteiger partial charge in [0.25, 0.3) is 0 Å². The van der Waals surface area contributed by atoms with Gasteiger partial charge in [0, 0.05) is 11.8 Å². The molecular formula is C12H13F3N2O3S. The average molecular weight is 322 g/mol. The second-order valence-electron chi connectivity index (χ2n) is 5.25. The zero-order valence-electron chi connectivity index (χ0n) is 11.6. The third-order valence-electron chi connectivity index (χ3n) is 2.48. The molecule has 0 amide bonds. The second-order valence-corrected chi connectivity index (χ2v) is 7.24. The van der Waals surface area contributed by atoms with Gasteiger partial charge in [-0.3, -0.25) is 0 Å². The van der Waals surface area contributed by atoms with Crippen molar-refractivity contribution in [3.05, 3.63) is 23.4 Å². The van der Waals surface area contributed by atoms with Crippen molar-refractivity contribution in [2.75, 3.05) is 5.75 Å². The molecule has 0 radical (unpaired) electrons. The number of hydrogen-bond acceptors (Lipinski definition) is 5. The molecule has 0 saturated heterocycles. The SMILES string of the molecule is CC(C)(C)c1nc(S(=O)(=O)CCC(F)=C(F)F)oc1C#N. The van der Waals surface area contributed by atoms with Crippen molar-refractivity contribution in [3.63, 3.8) is 0 Å². The van der Waals surface area contributed by atoms with E-state index in [9.17, 15) is 21.6 Å². The molecule has 0 saturated carbocycles. The summed E-state index contributed by atoms with van der Waals surface area (Å²) in [5, 5.41) is 8.14. The minimum atomic E-state index is -4.20. The van der Waals surface area contributed by atoms with Crippen molar-refractivity contribution in [1.82, 2.24) is 4.98 Å². The minimum absolute atomic E-state index is 0.135. The van der Waals surface area contributed by atoms with Crippen molar-refractivity contribution in [2.24, 2.45) is 0 Å². The summed E-state index contributed by atoms with van der Waals surface area (Å²) < 4.78 is 65.1. The highest BCUT2D eigenvalue weighted by Gasteiger charge is 2.30. The Bertz CT molecular complexity index is 705. The summed E-state index contributed by atoms with van der Waals surface area (Å²) in [5.74, 6) is -3.00. The number of rotatable bonds is 4. The summed E-state index contributed by atoms with van der Waals surface area (Å²) in [6.07, 6.45) is -3.55. The Morgan fingerprint density at radius 3 is 2.29 bits per heavy atom. The first-order valence-electron chi connectivity index (χ1n) is 5.83. The summed E-state index contributed by atoms with van der Waals surface area (Å²) in [5.41, 5.74) is -0.505. The predicted octanol–water partition coefficient (Wildman–Crippen LogP) is 3.09. The summed E-state index contributed by atoms with van der Waals surface area (Å²) >= 11 is 0. The fourth-order valence-electron chi connectivity index (χ4n) is 1.42. The Balaban J connectivity index is 3.14. The predicted molar refractivity (Wildman–Crippen MR) is 66.9 cm³/mol. The monoisotopic (exact) mass is 322 g/mol. The molecule has 1 rings (SSSR count). The fraction of sp³-hybridized carbons (Fsp3) is 0.500. The van der Waals surface area contributed by atoms with Crippen LogP contribution in [0.4, 0.5) is 13.2 Å². The average Bonchev–Trinajstić information content (AvgIpc) is 2.80. The Morgan fingerprint density at radius 2 is 1.90 bits per heavy atom. The van der Waals surface area contributed by atoms with Crippen molar-refractivity contribution >= 4 is 9.84 Å². The van der Waals surface area contributed by atoms with Crippen LogP contribution < -0.4 is 0 Å². The maximum atomic E-state index is 12.7. The van der Waals surface area contributed by atoms with Gasteiger partial charge in [-0.05, 0) is 0 Å². The van der Waals surface area contributed by atoms with Crippen LogP contribution in [0.1, 0.15) is 38.6 Å². The van der Waals surface area contributed by atoms with Gasteiger partial charge in [0.05, 0.1) is 5.75 Å². The summed E-state index contributed by atoms with van der Waals surface area (Å²) in [7, 11) is -4.20. The molecule has 116 valence electrons. The van der Waals surface area contributed by atoms with Gasteiger partial charge in [-0.1, -0.05) is 20.8 Å². The van der Waals surface area contributed by atoms with E-state index in [2.05, 4.69) is 4.98 Å². The number of sulfone groups is 1. The third-order valence-corrected chi connectivity index (χ3v) is 3.93. The number of aromatic nitrogens is 1. The van der Waals surface area contributed by atoms with Crippen molar-refractivity contribution in [3.8, 4) is 6.07 Å². The molecule has 0 unspecified atom stereocenters. The second kappa shape index (κ2) is 5.89. The zero-order chi connectivity index (χ0) is 16.4. The lowest BCUT2D eigenvalue weighted by Crippen LogP contribution is -2.14. The molecule has 0 aliphatic carbocycles. The van der Waals surface area contributed by atoms with Crippen LogP contribution in [-0.2, 0) is 15.3 Å². The molecule has 5 nitrogen and oxygen atoms in total. The van der Waals surface area contributed by atoms with Crippen molar-refractivity contribution in [2.45, 2.75) is 37.8 Å². The largest absolute Gasteiger partial charge is 0.417 e. The maximum absolute atomic E-state index is 12.7. The highest BCUT2D eigenvalue weighted by molar-refractivity contribution is 7.91.